The van der Waals surface area contributed by atoms with Gasteiger partial charge < -0.3 is 5.73 Å². The zero-order valence-electron chi connectivity index (χ0n) is 6.45. The lowest BCUT2D eigenvalue weighted by Gasteiger charge is -2.00. The normalized spacial score (nSPS) is 9.62. The van der Waals surface area contributed by atoms with Gasteiger partial charge in [0.2, 0.25) is 0 Å². The van der Waals surface area contributed by atoms with Gasteiger partial charge in [-0.3, -0.25) is 15.5 Å². The van der Waals surface area contributed by atoms with E-state index in [2.05, 4.69) is 15.9 Å². The van der Waals surface area contributed by atoms with Crippen LogP contribution in [0, 0.1) is 15.5 Å². The second-order valence-electron chi connectivity index (χ2n) is 2.33. The zero-order valence-corrected chi connectivity index (χ0v) is 8.04. The molecule has 0 atom stereocenters. The first-order valence-corrected chi connectivity index (χ1v) is 4.10. The molecule has 0 unspecified atom stereocenters. The molecule has 5 nitrogen and oxygen atoms in total. The smallest absolute Gasteiger partial charge is 0.270 e. The van der Waals surface area contributed by atoms with Crippen molar-refractivity contribution in [1.29, 1.82) is 5.41 Å². The molecule has 0 aliphatic heterocycles. The number of nitrogens with one attached hydrogen (secondary N) is 1. The predicted octanol–water partition coefficient (Wildman–Crippen LogP) is 1.64. The van der Waals surface area contributed by atoms with E-state index >= 15 is 0 Å². The summed E-state index contributed by atoms with van der Waals surface area (Å²) in [4.78, 5) is 9.83. The van der Waals surface area contributed by atoms with Gasteiger partial charge in [-0.1, -0.05) is 0 Å². The molecule has 13 heavy (non-hydrogen) atoms. The van der Waals surface area contributed by atoms with Crippen LogP contribution in [0.15, 0.2) is 22.7 Å². The molecule has 1 rings (SSSR count). The van der Waals surface area contributed by atoms with Crippen LogP contribution in [0.4, 0.5) is 5.69 Å². The molecule has 68 valence electrons. The average molecular weight is 244 g/mol. The highest BCUT2D eigenvalue weighted by atomic mass is 79.9. The number of nitrogens with zero attached hydrogens (tertiary/aromatic N) is 1. The molecule has 0 aromatic heterocycles. The van der Waals surface area contributed by atoms with E-state index in [1.54, 1.807) is 0 Å². The maximum atomic E-state index is 10.3. The summed E-state index contributed by atoms with van der Waals surface area (Å²) < 4.78 is 0.453. The molecule has 0 amide bonds. The largest absolute Gasteiger partial charge is 0.384 e. The van der Waals surface area contributed by atoms with Crippen LogP contribution in [0.2, 0.25) is 0 Å². The Morgan fingerprint density at radius 2 is 2.23 bits per heavy atom. The summed E-state index contributed by atoms with van der Waals surface area (Å²) in [6.45, 7) is 0. The van der Waals surface area contributed by atoms with Gasteiger partial charge in [0.05, 0.1) is 4.92 Å². The summed E-state index contributed by atoms with van der Waals surface area (Å²) >= 11 is 3.09. The highest BCUT2D eigenvalue weighted by Gasteiger charge is 2.09. The quantitative estimate of drug-likeness (QED) is 0.358. The van der Waals surface area contributed by atoms with Crippen molar-refractivity contribution in [3.05, 3.63) is 38.3 Å². The maximum Gasteiger partial charge on any atom is 0.270 e. The average Bonchev–Trinajstić information content (AvgIpc) is 2.03. The molecule has 0 radical (unpaired) electrons. The van der Waals surface area contributed by atoms with Crippen molar-refractivity contribution in [3.63, 3.8) is 0 Å². The zero-order chi connectivity index (χ0) is 10.0. The Hall–Kier alpha value is -1.43. The van der Waals surface area contributed by atoms with Crippen LogP contribution in [-0.4, -0.2) is 10.8 Å². The van der Waals surface area contributed by atoms with Crippen LogP contribution < -0.4 is 5.73 Å². The van der Waals surface area contributed by atoms with Crippen LogP contribution in [0.1, 0.15) is 5.56 Å². The van der Waals surface area contributed by atoms with E-state index in [1.807, 2.05) is 0 Å². The first-order chi connectivity index (χ1) is 6.02. The second-order valence-corrected chi connectivity index (χ2v) is 3.19. The van der Waals surface area contributed by atoms with Gasteiger partial charge in [-0.25, -0.2) is 0 Å². The number of amidine groups is 1. The molecule has 0 heterocycles. The standard InChI is InChI=1S/C7H6BrN3O2/c8-6-3-4(11(12)13)1-2-5(6)7(9)10/h1-3H,(H3,9,10). The third-order valence-corrected chi connectivity index (χ3v) is 2.11. The second kappa shape index (κ2) is 3.53. The number of benzene rings is 1. The Balaban J connectivity index is 3.20. The van der Waals surface area contributed by atoms with E-state index in [4.69, 9.17) is 11.1 Å². The summed E-state index contributed by atoms with van der Waals surface area (Å²) in [5, 5.41) is 17.5. The number of hydrogen-bond acceptors (Lipinski definition) is 3. The number of hydrogen-bond donors (Lipinski definition) is 2. The fourth-order valence-corrected chi connectivity index (χ4v) is 1.42. The Bertz CT molecular complexity index is 378. The molecule has 0 fully saturated rings. The van der Waals surface area contributed by atoms with Gasteiger partial charge in [0.15, 0.2) is 0 Å². The lowest BCUT2D eigenvalue weighted by atomic mass is 10.2. The van der Waals surface area contributed by atoms with Gasteiger partial charge in [0, 0.05) is 22.2 Å². The van der Waals surface area contributed by atoms with Crippen molar-refractivity contribution in [2.24, 2.45) is 5.73 Å². The molecule has 0 aliphatic rings. The lowest BCUT2D eigenvalue weighted by Crippen LogP contribution is -2.11. The highest BCUT2D eigenvalue weighted by Crippen LogP contribution is 2.22. The number of rotatable bonds is 2. The minimum absolute atomic E-state index is 0.0307. The number of halogens is 1. The topological polar surface area (TPSA) is 93.0 Å². The minimum Gasteiger partial charge on any atom is -0.384 e. The van der Waals surface area contributed by atoms with Crippen molar-refractivity contribution in [1.82, 2.24) is 0 Å². The predicted molar refractivity (Wildman–Crippen MR) is 51.8 cm³/mol. The van der Waals surface area contributed by atoms with E-state index in [1.165, 1.54) is 18.2 Å². The van der Waals surface area contributed by atoms with Gasteiger partial charge in [0.25, 0.3) is 5.69 Å². The number of nitro benzene ring substituents is 1. The Labute approximate surface area is 82.3 Å². The monoisotopic (exact) mass is 243 g/mol. The molecular weight excluding hydrogens is 238 g/mol. The molecule has 0 bridgehead atoms. The van der Waals surface area contributed by atoms with Crippen LogP contribution in [0.5, 0.6) is 0 Å². The molecule has 0 saturated carbocycles. The van der Waals surface area contributed by atoms with Gasteiger partial charge in [0.1, 0.15) is 5.84 Å². The maximum absolute atomic E-state index is 10.3. The minimum atomic E-state index is -0.505. The van der Waals surface area contributed by atoms with Gasteiger partial charge in [-0.2, -0.15) is 0 Å². The summed E-state index contributed by atoms with van der Waals surface area (Å²) in [7, 11) is 0. The molecule has 3 N–H and O–H groups in total. The Morgan fingerprint density at radius 1 is 1.62 bits per heavy atom. The molecule has 0 aliphatic carbocycles. The fraction of sp³-hybridized carbons (Fsp3) is 0. The number of nitro groups is 1. The molecule has 6 heteroatoms. The fourth-order valence-electron chi connectivity index (χ4n) is 0.836. The molecule has 0 saturated heterocycles. The van der Waals surface area contributed by atoms with Crippen molar-refractivity contribution >= 4 is 27.5 Å². The van der Waals surface area contributed by atoms with Crippen LogP contribution in [-0.2, 0) is 0 Å². The molecule has 0 spiro atoms. The van der Waals surface area contributed by atoms with Crippen molar-refractivity contribution in [2.75, 3.05) is 0 Å². The van der Waals surface area contributed by atoms with Crippen LogP contribution in [0.25, 0.3) is 0 Å². The molecule has 1 aromatic rings. The summed E-state index contributed by atoms with van der Waals surface area (Å²) in [6, 6.07) is 4.06. The number of nitrogen functional groups attached to an aromatic ring is 1. The SMILES string of the molecule is N=C(N)c1ccc([N+](=O)[O-])cc1Br. The van der Waals surface area contributed by atoms with Crippen molar-refractivity contribution in [2.45, 2.75) is 0 Å². The molecule has 1 aromatic carbocycles. The third-order valence-electron chi connectivity index (χ3n) is 1.45. The highest BCUT2D eigenvalue weighted by molar-refractivity contribution is 9.10. The third kappa shape index (κ3) is 2.03. The van der Waals surface area contributed by atoms with Crippen molar-refractivity contribution < 1.29 is 4.92 Å². The summed E-state index contributed by atoms with van der Waals surface area (Å²) in [5.41, 5.74) is 5.64. The van der Waals surface area contributed by atoms with E-state index in [0.29, 0.717) is 10.0 Å². The summed E-state index contributed by atoms with van der Waals surface area (Å²) in [6.07, 6.45) is 0. The van der Waals surface area contributed by atoms with E-state index < -0.39 is 4.92 Å². The molecular formula is C7H6BrN3O2. The first kappa shape index (κ1) is 9.66. The Morgan fingerprint density at radius 3 is 2.62 bits per heavy atom. The van der Waals surface area contributed by atoms with Crippen molar-refractivity contribution in [3.8, 4) is 0 Å². The summed E-state index contributed by atoms with van der Waals surface area (Å²) in [5.74, 6) is -0.123. The van der Waals surface area contributed by atoms with E-state index in [9.17, 15) is 10.1 Å². The van der Waals surface area contributed by atoms with Crippen LogP contribution in [0.3, 0.4) is 0 Å². The Kier molecular flexibility index (Phi) is 2.62. The van der Waals surface area contributed by atoms with Gasteiger partial charge in [-0.15, -0.1) is 0 Å². The van der Waals surface area contributed by atoms with Crippen LogP contribution >= 0.6 is 15.9 Å². The lowest BCUT2D eigenvalue weighted by molar-refractivity contribution is -0.384. The van der Waals surface area contributed by atoms with Gasteiger partial charge >= 0.3 is 0 Å². The van der Waals surface area contributed by atoms with Gasteiger partial charge in [-0.05, 0) is 22.0 Å². The van der Waals surface area contributed by atoms with E-state index in [0.717, 1.165) is 0 Å². The first-order valence-electron chi connectivity index (χ1n) is 3.30. The number of nitrogens with two attached hydrogens (primary N) is 1. The van der Waals surface area contributed by atoms with E-state index in [-0.39, 0.29) is 11.5 Å². The number of non-ortho nitro benzene ring substituents is 1.